The van der Waals surface area contributed by atoms with E-state index in [1.54, 1.807) is 0 Å². The maximum absolute atomic E-state index is 12.5. The van der Waals surface area contributed by atoms with Crippen molar-refractivity contribution in [2.24, 2.45) is 17.8 Å². The highest BCUT2D eigenvalue weighted by Crippen LogP contribution is 2.49. The number of nitrogens with zero attached hydrogens (tertiary/aromatic N) is 3. The minimum atomic E-state index is -0.547. The molecule has 2 aromatic rings. The van der Waals surface area contributed by atoms with Crippen molar-refractivity contribution in [1.29, 1.82) is 0 Å². The summed E-state index contributed by atoms with van der Waals surface area (Å²) in [6.07, 6.45) is 1.95. The summed E-state index contributed by atoms with van der Waals surface area (Å²) in [5.74, 6) is 2.12. The minimum absolute atomic E-state index is 0.144. The second-order valence-corrected chi connectivity index (χ2v) is 7.03. The standard InChI is InChI=1S/C16H21N5O/c1-9-5-4-6-21-13(9)19-20-15(21)16(2,3)18-14(22)12-10-7-17-8-11(10)12/h4-6,10-12,17H,7-8H2,1-3H3,(H,18,22)/t10-,11?,12?/m1/s1. The Balaban J connectivity index is 1.59. The third-order valence-electron chi connectivity index (χ3n) is 5.02. The van der Waals surface area contributed by atoms with E-state index in [1.807, 2.05) is 43.5 Å². The smallest absolute Gasteiger partial charge is 0.224 e. The van der Waals surface area contributed by atoms with Gasteiger partial charge in [-0.05, 0) is 57.3 Å². The molecule has 1 saturated heterocycles. The van der Waals surface area contributed by atoms with Crippen LogP contribution < -0.4 is 10.6 Å². The maximum Gasteiger partial charge on any atom is 0.224 e. The van der Waals surface area contributed by atoms with Crippen molar-refractivity contribution in [2.45, 2.75) is 26.3 Å². The van der Waals surface area contributed by atoms with Gasteiger partial charge in [-0.1, -0.05) is 6.07 Å². The van der Waals surface area contributed by atoms with Crippen LogP contribution in [0.4, 0.5) is 0 Å². The Morgan fingerprint density at radius 2 is 2.09 bits per heavy atom. The van der Waals surface area contributed by atoms with E-state index in [4.69, 9.17) is 0 Å². The van der Waals surface area contributed by atoms with Gasteiger partial charge in [-0.2, -0.15) is 0 Å². The second-order valence-electron chi connectivity index (χ2n) is 7.03. The van der Waals surface area contributed by atoms with Gasteiger partial charge in [0, 0.05) is 12.1 Å². The van der Waals surface area contributed by atoms with Crippen LogP contribution in [0.5, 0.6) is 0 Å². The molecular weight excluding hydrogens is 278 g/mol. The van der Waals surface area contributed by atoms with Crippen LogP contribution in [0.15, 0.2) is 18.3 Å². The van der Waals surface area contributed by atoms with Gasteiger partial charge in [0.2, 0.25) is 5.91 Å². The Labute approximate surface area is 129 Å². The molecule has 4 rings (SSSR count). The molecule has 1 aliphatic carbocycles. The molecule has 3 atom stereocenters. The molecule has 6 heteroatoms. The Bertz CT molecular complexity index is 740. The Kier molecular flexibility index (Phi) is 2.81. The molecule has 2 unspecified atom stereocenters. The van der Waals surface area contributed by atoms with Gasteiger partial charge >= 0.3 is 0 Å². The fourth-order valence-corrected chi connectivity index (χ4v) is 3.73. The van der Waals surface area contributed by atoms with Crippen molar-refractivity contribution in [3.05, 3.63) is 29.7 Å². The van der Waals surface area contributed by atoms with Gasteiger partial charge in [0.1, 0.15) is 0 Å². The van der Waals surface area contributed by atoms with Crippen LogP contribution in [-0.4, -0.2) is 33.6 Å². The van der Waals surface area contributed by atoms with E-state index >= 15 is 0 Å². The average molecular weight is 299 g/mol. The number of hydrogen-bond donors (Lipinski definition) is 2. The monoisotopic (exact) mass is 299 g/mol. The number of fused-ring (bicyclic) bond motifs is 2. The van der Waals surface area contributed by atoms with E-state index in [-0.39, 0.29) is 11.8 Å². The highest BCUT2D eigenvalue weighted by atomic mass is 16.2. The van der Waals surface area contributed by atoms with Gasteiger partial charge < -0.3 is 10.6 Å². The van der Waals surface area contributed by atoms with Gasteiger partial charge in [-0.25, -0.2) is 0 Å². The molecular formula is C16H21N5O. The predicted molar refractivity (Wildman–Crippen MR) is 82.2 cm³/mol. The van der Waals surface area contributed by atoms with Gasteiger partial charge in [0.05, 0.1) is 5.54 Å². The van der Waals surface area contributed by atoms with Crippen molar-refractivity contribution < 1.29 is 4.79 Å². The molecule has 22 heavy (non-hydrogen) atoms. The molecule has 1 saturated carbocycles. The van der Waals surface area contributed by atoms with Gasteiger partial charge in [0.15, 0.2) is 11.5 Å². The van der Waals surface area contributed by atoms with E-state index in [1.165, 1.54) is 0 Å². The number of amides is 1. The second kappa shape index (κ2) is 4.52. The van der Waals surface area contributed by atoms with E-state index in [9.17, 15) is 4.79 Å². The molecule has 0 bridgehead atoms. The number of carbonyl (C=O) groups excluding carboxylic acids is 1. The van der Waals surface area contributed by atoms with Gasteiger partial charge in [-0.15, -0.1) is 10.2 Å². The molecule has 2 aromatic heterocycles. The van der Waals surface area contributed by atoms with Crippen LogP contribution in [0.2, 0.25) is 0 Å². The van der Waals surface area contributed by atoms with Crippen LogP contribution in [0.25, 0.3) is 5.65 Å². The van der Waals surface area contributed by atoms with Crippen molar-refractivity contribution in [3.63, 3.8) is 0 Å². The zero-order valence-corrected chi connectivity index (χ0v) is 13.1. The number of nitrogens with one attached hydrogen (secondary N) is 2. The molecule has 2 aliphatic rings. The first kappa shape index (κ1) is 13.7. The summed E-state index contributed by atoms with van der Waals surface area (Å²) in [6.45, 7) is 7.92. The Morgan fingerprint density at radius 1 is 1.36 bits per heavy atom. The fraction of sp³-hybridized carbons (Fsp3) is 0.562. The van der Waals surface area contributed by atoms with Crippen LogP contribution in [0.3, 0.4) is 0 Å². The van der Waals surface area contributed by atoms with Gasteiger partial charge in [0.25, 0.3) is 0 Å². The number of pyridine rings is 1. The molecule has 2 N–H and O–H groups in total. The lowest BCUT2D eigenvalue weighted by Crippen LogP contribution is -2.44. The van der Waals surface area contributed by atoms with Gasteiger partial charge in [-0.3, -0.25) is 9.20 Å². The SMILES string of the molecule is Cc1cccn2c(C(C)(C)NC(=O)C3C4CNC[C@H]43)nnc12. The van der Waals surface area contributed by atoms with Crippen LogP contribution in [0.1, 0.15) is 25.2 Å². The van der Waals surface area contributed by atoms with Crippen LogP contribution in [0, 0.1) is 24.7 Å². The number of hydrogen-bond acceptors (Lipinski definition) is 4. The minimum Gasteiger partial charge on any atom is -0.344 e. The van der Waals surface area contributed by atoms with Crippen LogP contribution >= 0.6 is 0 Å². The molecule has 0 spiro atoms. The zero-order valence-electron chi connectivity index (χ0n) is 13.1. The van der Waals surface area contributed by atoms with Crippen molar-refractivity contribution in [1.82, 2.24) is 25.2 Å². The van der Waals surface area contributed by atoms with E-state index < -0.39 is 5.54 Å². The molecule has 116 valence electrons. The lowest BCUT2D eigenvalue weighted by atomic mass is 10.0. The molecule has 0 radical (unpaired) electrons. The average Bonchev–Trinajstić information content (AvgIpc) is 2.85. The normalized spacial score (nSPS) is 27.0. The summed E-state index contributed by atoms with van der Waals surface area (Å²) in [6, 6.07) is 3.99. The lowest BCUT2D eigenvalue weighted by molar-refractivity contribution is -0.124. The summed E-state index contributed by atoms with van der Waals surface area (Å²) in [7, 11) is 0. The molecule has 0 aromatic carbocycles. The molecule has 6 nitrogen and oxygen atoms in total. The molecule has 3 heterocycles. The first-order chi connectivity index (χ1) is 10.5. The Morgan fingerprint density at radius 3 is 2.82 bits per heavy atom. The topological polar surface area (TPSA) is 71.3 Å². The molecule has 2 fully saturated rings. The largest absolute Gasteiger partial charge is 0.344 e. The maximum atomic E-state index is 12.5. The first-order valence-electron chi connectivity index (χ1n) is 7.82. The number of carbonyl (C=O) groups is 1. The van der Waals surface area contributed by atoms with Crippen molar-refractivity contribution in [3.8, 4) is 0 Å². The summed E-state index contributed by atoms with van der Waals surface area (Å²) < 4.78 is 1.96. The number of piperidine rings is 1. The number of aromatic nitrogens is 3. The number of rotatable bonds is 3. The van der Waals surface area contributed by atoms with E-state index in [2.05, 4.69) is 20.8 Å². The Hall–Kier alpha value is -1.95. The van der Waals surface area contributed by atoms with E-state index in [0.29, 0.717) is 11.8 Å². The zero-order chi connectivity index (χ0) is 15.5. The summed E-state index contributed by atoms with van der Waals surface area (Å²) in [5.41, 5.74) is 1.37. The lowest BCUT2D eigenvalue weighted by Gasteiger charge is -2.25. The number of aryl methyl sites for hydroxylation is 1. The summed E-state index contributed by atoms with van der Waals surface area (Å²) in [5, 5.41) is 15.1. The third-order valence-corrected chi connectivity index (χ3v) is 5.02. The van der Waals surface area contributed by atoms with E-state index in [0.717, 1.165) is 30.1 Å². The fourth-order valence-electron chi connectivity index (χ4n) is 3.73. The molecule has 1 aliphatic heterocycles. The van der Waals surface area contributed by atoms with Crippen LogP contribution in [-0.2, 0) is 10.3 Å². The summed E-state index contributed by atoms with van der Waals surface area (Å²) in [4.78, 5) is 12.5. The predicted octanol–water partition coefficient (Wildman–Crippen LogP) is 0.854. The third kappa shape index (κ3) is 1.94. The quantitative estimate of drug-likeness (QED) is 0.881. The van der Waals surface area contributed by atoms with Crippen molar-refractivity contribution >= 4 is 11.6 Å². The van der Waals surface area contributed by atoms with Crippen molar-refractivity contribution in [2.75, 3.05) is 13.1 Å². The summed E-state index contributed by atoms with van der Waals surface area (Å²) >= 11 is 0. The highest BCUT2D eigenvalue weighted by molar-refractivity contribution is 5.83. The first-order valence-corrected chi connectivity index (χ1v) is 7.82. The highest BCUT2D eigenvalue weighted by Gasteiger charge is 2.57. The molecule has 1 amide bonds.